The Bertz CT molecular complexity index is 1410. The Morgan fingerprint density at radius 3 is 2.49 bits per heavy atom. The monoisotopic (exact) mass is 475 g/mol. The van der Waals surface area contributed by atoms with Gasteiger partial charge in [-0.25, -0.2) is 4.79 Å². The molecule has 0 aliphatic carbocycles. The summed E-state index contributed by atoms with van der Waals surface area (Å²) in [7, 11) is 1.41. The van der Waals surface area contributed by atoms with Gasteiger partial charge in [-0.15, -0.1) is 0 Å². The van der Waals surface area contributed by atoms with Crippen LogP contribution in [0.15, 0.2) is 75.9 Å². The molecule has 1 heterocycles. The third-order valence-corrected chi connectivity index (χ3v) is 5.84. The lowest BCUT2D eigenvalue weighted by molar-refractivity contribution is -0.121. The molecule has 35 heavy (non-hydrogen) atoms. The second-order valence-corrected chi connectivity index (χ2v) is 8.10. The van der Waals surface area contributed by atoms with E-state index in [4.69, 9.17) is 9.15 Å². The average Bonchev–Trinajstić information content (AvgIpc) is 2.84. The van der Waals surface area contributed by atoms with Crippen LogP contribution in [-0.4, -0.2) is 34.9 Å². The minimum Gasteiger partial charge on any atom is -0.508 e. The molecule has 1 amide bonds. The molecule has 4 N–H and O–H groups in total. The first-order chi connectivity index (χ1) is 16.9. The molecule has 0 aliphatic heterocycles. The molecule has 4 aromatic rings. The number of aromatic hydroxyl groups is 3. The van der Waals surface area contributed by atoms with Crippen molar-refractivity contribution in [3.63, 3.8) is 0 Å². The third-order valence-electron chi connectivity index (χ3n) is 5.84. The molecule has 8 heteroatoms. The van der Waals surface area contributed by atoms with Crippen LogP contribution in [0.25, 0.3) is 11.0 Å². The number of nitrogens with one attached hydrogen (secondary N) is 1. The molecule has 0 saturated carbocycles. The molecule has 0 aliphatic rings. The van der Waals surface area contributed by atoms with Crippen LogP contribution in [0.2, 0.25) is 0 Å². The lowest BCUT2D eigenvalue weighted by atomic mass is 9.87. The Labute approximate surface area is 201 Å². The quantitative estimate of drug-likeness (QED) is 0.285. The highest BCUT2D eigenvalue weighted by atomic mass is 16.5. The molecule has 1 aromatic heterocycles. The Kier molecular flexibility index (Phi) is 6.91. The van der Waals surface area contributed by atoms with Crippen molar-refractivity contribution >= 4 is 16.9 Å². The van der Waals surface area contributed by atoms with E-state index in [9.17, 15) is 24.9 Å². The van der Waals surface area contributed by atoms with Gasteiger partial charge in [-0.1, -0.05) is 30.3 Å². The van der Waals surface area contributed by atoms with Gasteiger partial charge in [0.1, 0.15) is 17.1 Å². The first-order valence-electron chi connectivity index (χ1n) is 11.0. The maximum atomic E-state index is 12.9. The highest BCUT2D eigenvalue weighted by Gasteiger charge is 2.27. The van der Waals surface area contributed by atoms with Gasteiger partial charge in [-0.05, 0) is 53.9 Å². The van der Waals surface area contributed by atoms with Crippen LogP contribution in [0.1, 0.15) is 29.0 Å². The molecule has 0 unspecified atom stereocenters. The van der Waals surface area contributed by atoms with Crippen LogP contribution in [0.3, 0.4) is 0 Å². The number of benzene rings is 3. The fraction of sp³-hybridized carbons (Fsp3) is 0.185. The summed E-state index contributed by atoms with van der Waals surface area (Å²) in [6, 6.07) is 17.8. The second-order valence-electron chi connectivity index (χ2n) is 8.10. The van der Waals surface area contributed by atoms with E-state index in [2.05, 4.69) is 5.32 Å². The average molecular weight is 475 g/mol. The van der Waals surface area contributed by atoms with E-state index in [-0.39, 0.29) is 46.5 Å². The van der Waals surface area contributed by atoms with Gasteiger partial charge < -0.3 is 29.8 Å². The van der Waals surface area contributed by atoms with Crippen LogP contribution >= 0.6 is 0 Å². The molecule has 180 valence electrons. The van der Waals surface area contributed by atoms with Gasteiger partial charge in [0.05, 0.1) is 18.1 Å². The normalized spacial score (nSPS) is 11.8. The summed E-state index contributed by atoms with van der Waals surface area (Å²) in [6.45, 7) is 0.336. The topological polar surface area (TPSA) is 129 Å². The number of ether oxygens (including phenoxy) is 1. The van der Waals surface area contributed by atoms with Crippen molar-refractivity contribution in [3.05, 3.63) is 93.8 Å². The van der Waals surface area contributed by atoms with E-state index >= 15 is 0 Å². The molecular weight excluding hydrogens is 450 g/mol. The first kappa shape index (κ1) is 23.7. The van der Waals surface area contributed by atoms with Crippen LogP contribution < -0.4 is 15.7 Å². The molecule has 0 radical (unpaired) electrons. The van der Waals surface area contributed by atoms with Gasteiger partial charge in [0.15, 0.2) is 11.5 Å². The van der Waals surface area contributed by atoms with Crippen LogP contribution in [-0.2, 0) is 11.2 Å². The predicted molar refractivity (Wildman–Crippen MR) is 130 cm³/mol. The molecule has 4 rings (SSSR count). The number of rotatable bonds is 8. The second kappa shape index (κ2) is 10.2. The van der Waals surface area contributed by atoms with E-state index < -0.39 is 11.5 Å². The number of carbonyl (C=O) groups excluding carboxylic acids is 1. The van der Waals surface area contributed by atoms with Gasteiger partial charge in [0.25, 0.3) is 0 Å². The van der Waals surface area contributed by atoms with E-state index in [0.29, 0.717) is 23.9 Å². The third kappa shape index (κ3) is 5.22. The van der Waals surface area contributed by atoms with Gasteiger partial charge in [0.2, 0.25) is 5.91 Å². The number of carbonyl (C=O) groups is 1. The molecule has 0 bridgehead atoms. The minimum absolute atomic E-state index is 0.0676. The van der Waals surface area contributed by atoms with E-state index in [1.807, 2.05) is 0 Å². The molecule has 0 fully saturated rings. The molecule has 0 spiro atoms. The summed E-state index contributed by atoms with van der Waals surface area (Å²) in [5.41, 5.74) is 0.774. The van der Waals surface area contributed by atoms with Crippen molar-refractivity contribution in [2.75, 3.05) is 13.7 Å². The summed E-state index contributed by atoms with van der Waals surface area (Å²) >= 11 is 0. The van der Waals surface area contributed by atoms with Gasteiger partial charge in [-0.2, -0.15) is 0 Å². The smallest absolute Gasteiger partial charge is 0.343 e. The largest absolute Gasteiger partial charge is 0.508 e. The Hall–Kier alpha value is -4.46. The number of hydrogen-bond donors (Lipinski definition) is 4. The molecule has 0 saturated heterocycles. The standard InChI is InChI=1S/C27H25NO7/c1-34-23-11-8-17(14-21(23)30)20(15-24(31)28-13-12-16-6-9-18(29)10-7-16)25-26(32)19-4-2-3-5-22(19)35-27(25)33/h2-11,14,20,29-30,32H,12-13,15H2,1H3,(H,28,31)/t20-/m0/s1. The Balaban J connectivity index is 1.64. The molecular formula is C27H25NO7. The number of phenolic OH excluding ortho intramolecular Hbond substituents is 2. The fourth-order valence-corrected chi connectivity index (χ4v) is 4.03. The maximum Gasteiger partial charge on any atom is 0.343 e. The summed E-state index contributed by atoms with van der Waals surface area (Å²) in [5, 5.41) is 33.9. The van der Waals surface area contributed by atoms with Crippen molar-refractivity contribution in [1.82, 2.24) is 5.32 Å². The Morgan fingerprint density at radius 1 is 1.03 bits per heavy atom. The number of methoxy groups -OCH3 is 1. The molecule has 8 nitrogen and oxygen atoms in total. The van der Waals surface area contributed by atoms with Crippen LogP contribution in [0.4, 0.5) is 0 Å². The SMILES string of the molecule is COc1ccc([C@H](CC(=O)NCCc2ccc(O)cc2)c2c(O)c3ccccc3oc2=O)cc1O. The maximum absolute atomic E-state index is 12.9. The van der Waals surface area contributed by atoms with E-state index in [0.717, 1.165) is 5.56 Å². The predicted octanol–water partition coefficient (Wildman–Crippen LogP) is 3.80. The van der Waals surface area contributed by atoms with E-state index in [1.54, 1.807) is 54.6 Å². The van der Waals surface area contributed by atoms with Gasteiger partial charge in [0, 0.05) is 18.9 Å². The van der Waals surface area contributed by atoms with E-state index in [1.165, 1.54) is 19.2 Å². The number of fused-ring (bicyclic) bond motifs is 1. The lowest BCUT2D eigenvalue weighted by Crippen LogP contribution is -2.28. The fourth-order valence-electron chi connectivity index (χ4n) is 4.03. The van der Waals surface area contributed by atoms with Gasteiger partial charge >= 0.3 is 5.63 Å². The zero-order chi connectivity index (χ0) is 24.9. The van der Waals surface area contributed by atoms with Crippen molar-refractivity contribution in [3.8, 4) is 23.0 Å². The molecule has 1 atom stereocenters. The van der Waals surface area contributed by atoms with Crippen molar-refractivity contribution in [1.29, 1.82) is 0 Å². The number of phenols is 2. The Morgan fingerprint density at radius 2 is 1.77 bits per heavy atom. The number of amides is 1. The summed E-state index contributed by atoms with van der Waals surface area (Å²) < 4.78 is 10.5. The zero-order valence-corrected chi connectivity index (χ0v) is 19.0. The van der Waals surface area contributed by atoms with Crippen molar-refractivity contribution in [2.45, 2.75) is 18.8 Å². The minimum atomic E-state index is -0.888. The van der Waals surface area contributed by atoms with Crippen molar-refractivity contribution in [2.24, 2.45) is 0 Å². The number of hydrogen-bond acceptors (Lipinski definition) is 7. The zero-order valence-electron chi connectivity index (χ0n) is 19.0. The van der Waals surface area contributed by atoms with Crippen LogP contribution in [0.5, 0.6) is 23.0 Å². The highest BCUT2D eigenvalue weighted by molar-refractivity contribution is 5.85. The first-order valence-corrected chi connectivity index (χ1v) is 11.0. The van der Waals surface area contributed by atoms with Crippen molar-refractivity contribution < 1.29 is 29.3 Å². The lowest BCUT2D eigenvalue weighted by Gasteiger charge is -2.19. The van der Waals surface area contributed by atoms with Gasteiger partial charge in [-0.3, -0.25) is 4.79 Å². The summed E-state index contributed by atoms with van der Waals surface area (Å²) in [5.74, 6) is -1.27. The summed E-state index contributed by atoms with van der Waals surface area (Å²) in [4.78, 5) is 25.8. The molecule has 3 aromatic carbocycles. The highest BCUT2D eigenvalue weighted by Crippen LogP contribution is 2.38. The number of para-hydroxylation sites is 1. The van der Waals surface area contributed by atoms with Crippen LogP contribution in [0, 0.1) is 0 Å². The summed E-state index contributed by atoms with van der Waals surface area (Å²) in [6.07, 6.45) is 0.376.